The first-order valence-electron chi connectivity index (χ1n) is 20.4. The summed E-state index contributed by atoms with van der Waals surface area (Å²) in [5, 5.41) is 38.6. The van der Waals surface area contributed by atoms with Gasteiger partial charge in [0.25, 0.3) is 51.7 Å². The highest BCUT2D eigenvalue weighted by atomic mass is 32.2. The van der Waals surface area contributed by atoms with Crippen LogP contribution in [0.15, 0.2) is 114 Å². The molecule has 2 aromatic heterocycles. The van der Waals surface area contributed by atoms with Crippen LogP contribution in [0.4, 0.5) is 23.3 Å². The van der Waals surface area contributed by atoms with Gasteiger partial charge in [0.1, 0.15) is 21.3 Å². The van der Waals surface area contributed by atoms with Gasteiger partial charge in [0, 0.05) is 38.3 Å². The van der Waals surface area contributed by atoms with Gasteiger partial charge < -0.3 is 39.7 Å². The first-order valence-corrected chi connectivity index (χ1v) is 26.1. The van der Waals surface area contributed by atoms with Crippen molar-refractivity contribution in [2.75, 3.05) is 62.4 Å². The highest BCUT2D eigenvalue weighted by Crippen LogP contribution is 2.29. The molecule has 0 spiro atoms. The van der Waals surface area contributed by atoms with Crippen LogP contribution in [0.1, 0.15) is 11.1 Å². The quantitative estimate of drug-likeness (QED) is 0.0330. The molecule has 0 aliphatic rings. The molecule has 0 fully saturated rings. The Morgan fingerprint density at radius 3 is 1.17 bits per heavy atom. The van der Waals surface area contributed by atoms with E-state index in [2.05, 4.69) is 39.9 Å². The van der Waals surface area contributed by atoms with Crippen LogP contribution < -0.4 is 30.5 Å². The van der Waals surface area contributed by atoms with Crippen molar-refractivity contribution in [3.05, 3.63) is 107 Å². The molecule has 72 heavy (non-hydrogen) atoms. The third kappa shape index (κ3) is 14.7. The largest absolute Gasteiger partial charge is 0.425 e. The predicted octanol–water partition coefficient (Wildman–Crippen LogP) is 0.711. The number of hydrogen-bond donors (Lipinski definition) is 10. The molecule has 10 N–H and O–H groups in total. The van der Waals surface area contributed by atoms with Crippen molar-refractivity contribution in [1.29, 1.82) is 0 Å². The van der Waals surface area contributed by atoms with Crippen molar-refractivity contribution in [2.45, 2.75) is 19.6 Å². The molecule has 6 rings (SSSR count). The molecular weight excluding hydrogens is 1040 g/mol. The molecule has 0 amide bonds. The lowest BCUT2D eigenvalue weighted by molar-refractivity contribution is 0.279. The number of benzene rings is 4. The average Bonchev–Trinajstić information content (AvgIpc) is 3.30. The van der Waals surface area contributed by atoms with Crippen LogP contribution in [0.25, 0.3) is 12.2 Å². The van der Waals surface area contributed by atoms with Crippen LogP contribution in [0.3, 0.4) is 0 Å². The molecule has 4 aromatic carbocycles. The Hall–Kier alpha value is -7.08. The van der Waals surface area contributed by atoms with Gasteiger partial charge in [0.05, 0.1) is 47.6 Å². The summed E-state index contributed by atoms with van der Waals surface area (Å²) in [7, 11) is -19.4. The van der Waals surface area contributed by atoms with Gasteiger partial charge in [-0.1, -0.05) is 36.4 Å². The Morgan fingerprint density at radius 1 is 0.486 bits per heavy atom. The number of aromatic nitrogens is 6. The number of aliphatic hydroxyl groups is 4. The minimum Gasteiger partial charge on any atom is -0.425 e. The molecule has 0 aliphatic carbocycles. The van der Waals surface area contributed by atoms with Crippen LogP contribution in [0, 0.1) is 0 Å². The summed E-state index contributed by atoms with van der Waals surface area (Å²) < 4.78 is 149. The Bertz CT molecular complexity index is 3350. The SMILES string of the molecule is O=S(=O)(O)c1cccc(Oc2nc(=Nc3ccc(C=Cc4ccc(N=c5nc(Oc6cccc(S(=O)(=O)O)c6)[nH]c(N(CCO)CCO)n5)cc4S(=O)(=O)O)c(S(=O)(=O)O)c3)nc(N(CCO)CCO)[nH]2)c1. The second-order valence-electron chi connectivity index (χ2n) is 14.5. The maximum absolute atomic E-state index is 12.8. The van der Waals surface area contributed by atoms with E-state index in [-0.39, 0.29) is 84.1 Å². The molecule has 0 atom stereocenters. The van der Waals surface area contributed by atoms with E-state index in [0.717, 1.165) is 48.6 Å². The molecule has 0 aliphatic heterocycles. The van der Waals surface area contributed by atoms with Crippen molar-refractivity contribution in [1.82, 2.24) is 29.9 Å². The molecule has 28 nitrogen and oxygen atoms in total. The highest BCUT2D eigenvalue weighted by Gasteiger charge is 2.20. The summed E-state index contributed by atoms with van der Waals surface area (Å²) in [5.41, 5.74) is -1.65. The lowest BCUT2D eigenvalue weighted by atomic mass is 10.1. The van der Waals surface area contributed by atoms with Gasteiger partial charge in [-0.25, -0.2) is 9.98 Å². The summed E-state index contributed by atoms with van der Waals surface area (Å²) >= 11 is 0. The first kappa shape index (κ1) is 54.3. The molecular formula is C40H42N10O18S4. The summed E-state index contributed by atoms with van der Waals surface area (Å²) in [4.78, 5) is 30.9. The van der Waals surface area contributed by atoms with Crippen LogP contribution >= 0.6 is 0 Å². The van der Waals surface area contributed by atoms with Crippen LogP contribution in [-0.4, -0.2) is 155 Å². The van der Waals surface area contributed by atoms with Gasteiger partial charge in [0.2, 0.25) is 11.9 Å². The first-order chi connectivity index (χ1) is 34.0. The number of aromatic amines is 2. The zero-order valence-corrected chi connectivity index (χ0v) is 40.0. The maximum atomic E-state index is 12.8. The third-order valence-corrected chi connectivity index (χ3v) is 12.9. The molecule has 0 unspecified atom stereocenters. The smallest absolute Gasteiger partial charge is 0.305 e. The Labute approximate surface area is 408 Å². The van der Waals surface area contributed by atoms with Crippen molar-refractivity contribution in [2.24, 2.45) is 9.98 Å². The van der Waals surface area contributed by atoms with Gasteiger partial charge in [0.15, 0.2) is 0 Å². The second-order valence-corrected chi connectivity index (χ2v) is 20.1. The monoisotopic (exact) mass is 1080 g/mol. The number of ether oxygens (including phenoxy) is 2. The molecule has 0 radical (unpaired) electrons. The number of anilines is 2. The molecule has 0 saturated carbocycles. The van der Waals surface area contributed by atoms with Gasteiger partial charge >= 0.3 is 12.0 Å². The van der Waals surface area contributed by atoms with Crippen LogP contribution in [0.5, 0.6) is 23.5 Å². The van der Waals surface area contributed by atoms with Gasteiger partial charge in [-0.2, -0.15) is 53.6 Å². The van der Waals surface area contributed by atoms with E-state index >= 15 is 0 Å². The Balaban J connectivity index is 1.39. The summed E-state index contributed by atoms with van der Waals surface area (Å²) in [6.45, 7) is -1.94. The van der Waals surface area contributed by atoms with Crippen molar-refractivity contribution < 1.29 is 81.8 Å². The van der Waals surface area contributed by atoms with E-state index in [9.17, 15) is 72.3 Å². The normalized spacial score (nSPS) is 12.9. The van der Waals surface area contributed by atoms with E-state index in [4.69, 9.17) is 9.47 Å². The predicted molar refractivity (Wildman–Crippen MR) is 250 cm³/mol. The summed E-state index contributed by atoms with van der Waals surface area (Å²) in [6.07, 6.45) is 2.18. The molecule has 384 valence electrons. The highest BCUT2D eigenvalue weighted by molar-refractivity contribution is 7.86. The zero-order chi connectivity index (χ0) is 52.4. The van der Waals surface area contributed by atoms with Gasteiger partial charge in [-0.3, -0.25) is 28.2 Å². The Kier molecular flexibility index (Phi) is 17.3. The van der Waals surface area contributed by atoms with Crippen molar-refractivity contribution in [3.63, 3.8) is 0 Å². The number of aliphatic hydroxyl groups excluding tert-OH is 4. The maximum Gasteiger partial charge on any atom is 0.305 e. The molecule has 2 heterocycles. The number of nitrogens with zero attached hydrogens (tertiary/aromatic N) is 8. The number of H-pyrrole nitrogens is 2. The molecule has 0 saturated heterocycles. The minimum absolute atomic E-state index is 0.0773. The lowest BCUT2D eigenvalue weighted by Gasteiger charge is -2.21. The van der Waals surface area contributed by atoms with Gasteiger partial charge in [-0.15, -0.1) is 0 Å². The Morgan fingerprint density at radius 2 is 0.847 bits per heavy atom. The van der Waals surface area contributed by atoms with E-state index in [0.29, 0.717) is 0 Å². The summed E-state index contributed by atoms with van der Waals surface area (Å²) in [6, 6.07) is 15.3. The average molecular weight is 1080 g/mol. The van der Waals surface area contributed by atoms with Crippen molar-refractivity contribution >= 4 is 75.9 Å². The van der Waals surface area contributed by atoms with Gasteiger partial charge in [-0.05, 0) is 59.7 Å². The molecule has 6 aromatic rings. The van der Waals surface area contributed by atoms with E-state index in [1.165, 1.54) is 58.3 Å². The molecule has 0 bridgehead atoms. The number of rotatable bonds is 22. The zero-order valence-electron chi connectivity index (χ0n) is 36.8. The van der Waals surface area contributed by atoms with E-state index < -0.39 is 97.7 Å². The van der Waals surface area contributed by atoms with E-state index in [1.807, 2.05) is 0 Å². The lowest BCUT2D eigenvalue weighted by Crippen LogP contribution is -2.33. The summed E-state index contributed by atoms with van der Waals surface area (Å²) in [5.74, 6) is -0.438. The fourth-order valence-corrected chi connectivity index (χ4v) is 8.73. The minimum atomic E-state index is -5.08. The van der Waals surface area contributed by atoms with Crippen LogP contribution in [-0.2, 0) is 40.5 Å². The van der Waals surface area contributed by atoms with Crippen molar-refractivity contribution in [3.8, 4) is 23.5 Å². The number of nitrogens with one attached hydrogen (secondary N) is 2. The topological polar surface area (TPSA) is 431 Å². The van der Waals surface area contributed by atoms with E-state index in [1.54, 1.807) is 0 Å². The third-order valence-electron chi connectivity index (χ3n) is 9.42. The second kappa shape index (κ2) is 23.0. The fourth-order valence-electron chi connectivity index (χ4n) is 6.29. The standard InChI is InChI=1S/C40H42N10O18S4/c51-17-13-49(14-18-52)37-43-35(45-39(47-37)67-29-3-1-5-31(23-29)69(55,56)57)41-27-11-9-25(33(21-27)71(61,62)63)7-8-26-10-12-28(22-34(26)72(64,65)66)42-36-44-38(50(15-19-53)16-20-54)48-40(46-36)68-30-4-2-6-32(24-30)70(58,59)60/h1-12,21-24,51-54H,13-20H2,(H,55,56,57)(H,58,59,60)(H,61,62,63)(H,64,65,66)(H,41,43,45,47)(H,42,44,46,48). The van der Waals surface area contributed by atoms with Crippen LogP contribution in [0.2, 0.25) is 0 Å². The number of hydrogen-bond acceptors (Lipinski definition) is 22. The fraction of sp³-hybridized carbons (Fsp3) is 0.200. The molecule has 32 heteroatoms.